The van der Waals surface area contributed by atoms with Gasteiger partial charge < -0.3 is 5.32 Å². The van der Waals surface area contributed by atoms with Gasteiger partial charge in [-0.2, -0.15) is 0 Å². The average Bonchev–Trinajstić information content (AvgIpc) is 2.99. The predicted molar refractivity (Wildman–Crippen MR) is 62.6 cm³/mol. The maximum atomic E-state index is 3.42. The summed E-state index contributed by atoms with van der Waals surface area (Å²) in [6, 6.07) is 1.32. The maximum absolute atomic E-state index is 3.42. The molecule has 0 aliphatic heterocycles. The Balaban J connectivity index is 2.39. The van der Waals surface area contributed by atoms with Crippen LogP contribution in [0.15, 0.2) is 0 Å². The molecule has 14 heavy (non-hydrogen) atoms. The van der Waals surface area contributed by atoms with Crippen molar-refractivity contribution in [1.82, 2.24) is 10.2 Å². The molecule has 2 atom stereocenters. The van der Waals surface area contributed by atoms with Gasteiger partial charge in [0.05, 0.1) is 0 Å². The first-order chi connectivity index (χ1) is 6.72. The van der Waals surface area contributed by atoms with E-state index in [9.17, 15) is 0 Å². The Labute approximate surface area is 89.1 Å². The van der Waals surface area contributed by atoms with Crippen LogP contribution in [0, 0.1) is 5.92 Å². The standard InChI is InChI=1S/C12H26N2/c1-5-12(13-4)10(3)14(6-2)9-11-7-8-11/h10-13H,5-9H2,1-4H3. The zero-order chi connectivity index (χ0) is 10.6. The molecule has 0 bridgehead atoms. The van der Waals surface area contributed by atoms with Crippen LogP contribution >= 0.6 is 0 Å². The van der Waals surface area contributed by atoms with Crippen LogP contribution < -0.4 is 5.32 Å². The molecular weight excluding hydrogens is 172 g/mol. The zero-order valence-corrected chi connectivity index (χ0v) is 10.2. The summed E-state index contributed by atoms with van der Waals surface area (Å²) in [6.07, 6.45) is 4.14. The second-order valence-electron chi connectivity index (χ2n) is 4.57. The van der Waals surface area contributed by atoms with E-state index in [1.165, 1.54) is 32.4 Å². The molecule has 0 saturated heterocycles. The van der Waals surface area contributed by atoms with Crippen molar-refractivity contribution in [3.63, 3.8) is 0 Å². The molecule has 2 nitrogen and oxygen atoms in total. The first-order valence-electron chi connectivity index (χ1n) is 6.14. The lowest BCUT2D eigenvalue weighted by atomic mass is 10.1. The van der Waals surface area contributed by atoms with Crippen molar-refractivity contribution in [1.29, 1.82) is 0 Å². The molecule has 1 N–H and O–H groups in total. The Morgan fingerprint density at radius 1 is 1.36 bits per heavy atom. The van der Waals surface area contributed by atoms with E-state index in [0.29, 0.717) is 12.1 Å². The van der Waals surface area contributed by atoms with Crippen LogP contribution in [0.3, 0.4) is 0 Å². The average molecular weight is 198 g/mol. The molecule has 1 rings (SSSR count). The Morgan fingerprint density at radius 3 is 2.36 bits per heavy atom. The summed E-state index contributed by atoms with van der Waals surface area (Å²) in [5.41, 5.74) is 0. The van der Waals surface area contributed by atoms with E-state index < -0.39 is 0 Å². The SMILES string of the molecule is CCC(NC)C(C)N(CC)CC1CC1. The van der Waals surface area contributed by atoms with E-state index in [1.54, 1.807) is 0 Å². The topological polar surface area (TPSA) is 15.3 Å². The highest BCUT2D eigenvalue weighted by Crippen LogP contribution is 2.30. The Bertz CT molecular complexity index is 150. The fourth-order valence-corrected chi connectivity index (χ4v) is 2.26. The number of hydrogen-bond donors (Lipinski definition) is 1. The largest absolute Gasteiger partial charge is 0.315 e. The van der Waals surface area contributed by atoms with Crippen LogP contribution in [-0.2, 0) is 0 Å². The van der Waals surface area contributed by atoms with Crippen LogP contribution in [0.25, 0.3) is 0 Å². The van der Waals surface area contributed by atoms with Crippen LogP contribution in [0.4, 0.5) is 0 Å². The van der Waals surface area contributed by atoms with Gasteiger partial charge in [0, 0.05) is 18.6 Å². The summed E-state index contributed by atoms with van der Waals surface area (Å²) < 4.78 is 0. The van der Waals surface area contributed by atoms with Crippen molar-refractivity contribution < 1.29 is 0 Å². The molecule has 0 aromatic rings. The lowest BCUT2D eigenvalue weighted by molar-refractivity contribution is 0.171. The molecule has 1 saturated carbocycles. The lowest BCUT2D eigenvalue weighted by Gasteiger charge is -2.33. The first-order valence-corrected chi connectivity index (χ1v) is 6.14. The summed E-state index contributed by atoms with van der Waals surface area (Å²) in [5.74, 6) is 1.01. The summed E-state index contributed by atoms with van der Waals surface area (Å²) in [6.45, 7) is 9.41. The highest BCUT2D eigenvalue weighted by Gasteiger charge is 2.27. The third-order valence-corrected chi connectivity index (χ3v) is 3.56. The monoisotopic (exact) mass is 198 g/mol. The van der Waals surface area contributed by atoms with Gasteiger partial charge in [0.1, 0.15) is 0 Å². The number of hydrogen-bond acceptors (Lipinski definition) is 2. The van der Waals surface area contributed by atoms with Gasteiger partial charge in [-0.1, -0.05) is 13.8 Å². The van der Waals surface area contributed by atoms with Crippen molar-refractivity contribution in [3.05, 3.63) is 0 Å². The third kappa shape index (κ3) is 3.25. The van der Waals surface area contributed by atoms with Crippen molar-refractivity contribution in [2.45, 2.75) is 52.1 Å². The van der Waals surface area contributed by atoms with E-state index >= 15 is 0 Å². The van der Waals surface area contributed by atoms with Crippen LogP contribution in [0.1, 0.15) is 40.0 Å². The van der Waals surface area contributed by atoms with Gasteiger partial charge in [0.25, 0.3) is 0 Å². The normalized spacial score (nSPS) is 21.2. The van der Waals surface area contributed by atoms with Gasteiger partial charge in [0.2, 0.25) is 0 Å². The van der Waals surface area contributed by atoms with Gasteiger partial charge in [-0.25, -0.2) is 0 Å². The van der Waals surface area contributed by atoms with E-state index in [-0.39, 0.29) is 0 Å². The minimum Gasteiger partial charge on any atom is -0.315 e. The van der Waals surface area contributed by atoms with Crippen molar-refractivity contribution in [2.24, 2.45) is 5.92 Å². The quantitative estimate of drug-likeness (QED) is 0.674. The molecule has 0 spiro atoms. The zero-order valence-electron chi connectivity index (χ0n) is 10.2. The van der Waals surface area contributed by atoms with E-state index in [1.807, 2.05) is 0 Å². The van der Waals surface area contributed by atoms with E-state index in [0.717, 1.165) is 5.92 Å². The number of nitrogens with one attached hydrogen (secondary N) is 1. The highest BCUT2D eigenvalue weighted by atomic mass is 15.2. The molecule has 0 amide bonds. The number of likely N-dealkylation sites (N-methyl/N-ethyl adjacent to an activating group) is 2. The minimum absolute atomic E-state index is 0.647. The second-order valence-corrected chi connectivity index (χ2v) is 4.57. The third-order valence-electron chi connectivity index (χ3n) is 3.56. The van der Waals surface area contributed by atoms with E-state index in [4.69, 9.17) is 0 Å². The molecule has 0 heterocycles. The molecule has 2 heteroatoms. The molecule has 0 radical (unpaired) electrons. The summed E-state index contributed by atoms with van der Waals surface area (Å²) in [7, 11) is 2.08. The number of rotatable bonds is 7. The molecule has 1 aliphatic carbocycles. The Hall–Kier alpha value is -0.0800. The summed E-state index contributed by atoms with van der Waals surface area (Å²) in [4.78, 5) is 2.63. The van der Waals surface area contributed by atoms with E-state index in [2.05, 4.69) is 38.0 Å². The molecule has 0 aromatic heterocycles. The van der Waals surface area contributed by atoms with Gasteiger partial charge >= 0.3 is 0 Å². The lowest BCUT2D eigenvalue weighted by Crippen LogP contribution is -2.47. The van der Waals surface area contributed by atoms with Crippen molar-refractivity contribution in [2.75, 3.05) is 20.1 Å². The molecule has 2 unspecified atom stereocenters. The van der Waals surface area contributed by atoms with Crippen LogP contribution in [0.2, 0.25) is 0 Å². The fraction of sp³-hybridized carbons (Fsp3) is 1.00. The minimum atomic E-state index is 0.647. The highest BCUT2D eigenvalue weighted by molar-refractivity contribution is 4.83. The van der Waals surface area contributed by atoms with Gasteiger partial charge in [-0.15, -0.1) is 0 Å². The van der Waals surface area contributed by atoms with Gasteiger partial charge in [-0.3, -0.25) is 4.90 Å². The molecule has 84 valence electrons. The van der Waals surface area contributed by atoms with Crippen LogP contribution in [0.5, 0.6) is 0 Å². The predicted octanol–water partition coefficient (Wildman–Crippen LogP) is 2.10. The molecular formula is C12H26N2. The maximum Gasteiger partial charge on any atom is 0.0220 e. The number of nitrogens with zero attached hydrogens (tertiary/aromatic N) is 1. The Morgan fingerprint density at radius 2 is 2.00 bits per heavy atom. The summed E-state index contributed by atoms with van der Waals surface area (Å²) >= 11 is 0. The first kappa shape index (κ1) is 12.0. The van der Waals surface area contributed by atoms with Crippen molar-refractivity contribution >= 4 is 0 Å². The van der Waals surface area contributed by atoms with Gasteiger partial charge in [-0.05, 0) is 45.7 Å². The summed E-state index contributed by atoms with van der Waals surface area (Å²) in [5, 5.41) is 3.42. The van der Waals surface area contributed by atoms with Crippen LogP contribution in [-0.4, -0.2) is 37.1 Å². The smallest absolute Gasteiger partial charge is 0.0220 e. The molecule has 1 aliphatic rings. The molecule has 0 aromatic carbocycles. The van der Waals surface area contributed by atoms with Crippen molar-refractivity contribution in [3.8, 4) is 0 Å². The second kappa shape index (κ2) is 5.72. The Kier molecular flexibility index (Phi) is 4.90. The van der Waals surface area contributed by atoms with Gasteiger partial charge in [0.15, 0.2) is 0 Å². The fourth-order valence-electron chi connectivity index (χ4n) is 2.26. The molecule has 1 fully saturated rings.